The Bertz CT molecular complexity index is 420. The molecule has 1 aromatic carbocycles. The summed E-state index contributed by atoms with van der Waals surface area (Å²) in [5, 5.41) is 10.0. The number of hydrogen-bond acceptors (Lipinski definition) is 2. The van der Waals surface area contributed by atoms with Gasteiger partial charge in [-0.15, -0.1) is 0 Å². The van der Waals surface area contributed by atoms with Crippen LogP contribution in [0.3, 0.4) is 0 Å². The van der Waals surface area contributed by atoms with Crippen LogP contribution in [0, 0.1) is 18.6 Å². The molecule has 4 heteroatoms. The summed E-state index contributed by atoms with van der Waals surface area (Å²) in [5.74, 6) is -1.09. The van der Waals surface area contributed by atoms with Crippen molar-refractivity contribution in [3.8, 4) is 0 Å². The minimum absolute atomic E-state index is 0.0211. The third-order valence-corrected chi connectivity index (χ3v) is 3.21. The molecule has 1 heterocycles. The standard InChI is InChI=1S/C13H16F2O2/c1-7-5-11(15)9(6-10(7)14)13(16)12-4-3-8(2)17-12/h5-6,8,12-13,16H,3-4H2,1-2H3. The van der Waals surface area contributed by atoms with Gasteiger partial charge in [0.1, 0.15) is 17.7 Å². The van der Waals surface area contributed by atoms with Crippen molar-refractivity contribution in [2.45, 2.75) is 45.0 Å². The van der Waals surface area contributed by atoms with E-state index in [9.17, 15) is 13.9 Å². The Kier molecular flexibility index (Phi) is 3.45. The van der Waals surface area contributed by atoms with Crippen LogP contribution in [-0.4, -0.2) is 17.3 Å². The summed E-state index contributed by atoms with van der Waals surface area (Å²) in [6, 6.07) is 2.16. The van der Waals surface area contributed by atoms with Gasteiger partial charge in [0, 0.05) is 5.56 Å². The maximum Gasteiger partial charge on any atom is 0.129 e. The molecular weight excluding hydrogens is 226 g/mol. The van der Waals surface area contributed by atoms with Gasteiger partial charge < -0.3 is 9.84 Å². The van der Waals surface area contributed by atoms with Gasteiger partial charge in [-0.1, -0.05) is 0 Å². The van der Waals surface area contributed by atoms with Crippen LogP contribution >= 0.6 is 0 Å². The van der Waals surface area contributed by atoms with Crippen molar-refractivity contribution in [1.29, 1.82) is 0 Å². The van der Waals surface area contributed by atoms with Crippen molar-refractivity contribution in [1.82, 2.24) is 0 Å². The molecule has 17 heavy (non-hydrogen) atoms. The third-order valence-electron chi connectivity index (χ3n) is 3.21. The normalized spacial score (nSPS) is 26.2. The first-order valence-electron chi connectivity index (χ1n) is 5.78. The highest BCUT2D eigenvalue weighted by Gasteiger charge is 2.31. The Labute approximate surface area is 99.2 Å². The number of ether oxygens (including phenoxy) is 1. The lowest BCUT2D eigenvalue weighted by atomic mass is 10.00. The fourth-order valence-electron chi connectivity index (χ4n) is 2.15. The SMILES string of the molecule is Cc1cc(F)c(C(O)C2CCC(C)O2)cc1F. The van der Waals surface area contributed by atoms with E-state index in [2.05, 4.69) is 0 Å². The van der Waals surface area contributed by atoms with E-state index in [1.807, 2.05) is 6.92 Å². The molecule has 0 bridgehead atoms. The first-order chi connectivity index (χ1) is 7.99. The zero-order chi connectivity index (χ0) is 12.6. The predicted octanol–water partition coefficient (Wildman–Crippen LogP) is 2.87. The molecule has 0 aliphatic carbocycles. The summed E-state index contributed by atoms with van der Waals surface area (Å²) in [6.07, 6.45) is 0.0132. The van der Waals surface area contributed by atoms with Gasteiger partial charge in [0.15, 0.2) is 0 Å². The minimum atomic E-state index is -1.10. The number of aliphatic hydroxyl groups is 1. The molecule has 0 aromatic heterocycles. The number of benzene rings is 1. The van der Waals surface area contributed by atoms with Gasteiger partial charge in [0.05, 0.1) is 12.2 Å². The van der Waals surface area contributed by atoms with Crippen molar-refractivity contribution >= 4 is 0 Å². The molecule has 3 unspecified atom stereocenters. The fourth-order valence-corrected chi connectivity index (χ4v) is 2.15. The molecule has 1 aliphatic rings. The molecule has 2 nitrogen and oxygen atoms in total. The Morgan fingerprint density at radius 2 is 2.00 bits per heavy atom. The summed E-state index contributed by atoms with van der Waals surface area (Å²) in [7, 11) is 0. The molecular formula is C13H16F2O2. The molecule has 3 atom stereocenters. The number of halogens is 2. The third kappa shape index (κ3) is 2.48. The quantitative estimate of drug-likeness (QED) is 0.864. The van der Waals surface area contributed by atoms with Gasteiger partial charge in [-0.3, -0.25) is 0 Å². The highest BCUT2D eigenvalue weighted by molar-refractivity contribution is 5.27. The van der Waals surface area contributed by atoms with Crippen LogP contribution < -0.4 is 0 Å². The van der Waals surface area contributed by atoms with Crippen molar-refractivity contribution < 1.29 is 18.6 Å². The molecule has 2 rings (SSSR count). The maximum absolute atomic E-state index is 13.6. The molecule has 1 N–H and O–H groups in total. The Morgan fingerprint density at radius 1 is 1.29 bits per heavy atom. The van der Waals surface area contributed by atoms with Crippen molar-refractivity contribution in [3.05, 3.63) is 34.9 Å². The first-order valence-corrected chi connectivity index (χ1v) is 5.78. The minimum Gasteiger partial charge on any atom is -0.386 e. The second-order valence-corrected chi connectivity index (χ2v) is 4.63. The van der Waals surface area contributed by atoms with E-state index in [-0.39, 0.29) is 17.2 Å². The highest BCUT2D eigenvalue weighted by Crippen LogP contribution is 2.31. The number of hydrogen-bond donors (Lipinski definition) is 1. The molecule has 0 saturated carbocycles. The van der Waals surface area contributed by atoms with E-state index in [1.54, 1.807) is 0 Å². The highest BCUT2D eigenvalue weighted by atomic mass is 19.1. The van der Waals surface area contributed by atoms with Crippen LogP contribution in [0.5, 0.6) is 0 Å². The summed E-state index contributed by atoms with van der Waals surface area (Å²) in [5.41, 5.74) is 0.214. The second-order valence-electron chi connectivity index (χ2n) is 4.63. The van der Waals surface area contributed by atoms with Crippen LogP contribution in [0.2, 0.25) is 0 Å². The fraction of sp³-hybridized carbons (Fsp3) is 0.538. The average molecular weight is 242 g/mol. The molecule has 1 aromatic rings. The van der Waals surface area contributed by atoms with Crippen LogP contribution in [0.25, 0.3) is 0 Å². The number of rotatable bonds is 2. The van der Waals surface area contributed by atoms with Gasteiger partial charge >= 0.3 is 0 Å². The van der Waals surface area contributed by atoms with Crippen molar-refractivity contribution in [3.63, 3.8) is 0 Å². The van der Waals surface area contributed by atoms with Gasteiger partial charge in [-0.25, -0.2) is 8.78 Å². The Hall–Kier alpha value is -1.00. The zero-order valence-electron chi connectivity index (χ0n) is 9.91. The topological polar surface area (TPSA) is 29.5 Å². The molecule has 1 aliphatic heterocycles. The lowest BCUT2D eigenvalue weighted by Crippen LogP contribution is -2.20. The lowest BCUT2D eigenvalue weighted by Gasteiger charge is -2.19. The van der Waals surface area contributed by atoms with E-state index < -0.39 is 23.8 Å². The molecule has 0 spiro atoms. The van der Waals surface area contributed by atoms with Crippen LogP contribution in [0.4, 0.5) is 8.78 Å². The largest absolute Gasteiger partial charge is 0.386 e. The Balaban J connectivity index is 2.24. The molecule has 1 fully saturated rings. The van der Waals surface area contributed by atoms with Crippen LogP contribution in [0.1, 0.15) is 37.0 Å². The monoisotopic (exact) mass is 242 g/mol. The van der Waals surface area contributed by atoms with Gasteiger partial charge in [0.25, 0.3) is 0 Å². The van der Waals surface area contributed by atoms with E-state index >= 15 is 0 Å². The summed E-state index contributed by atoms with van der Waals surface area (Å²) < 4.78 is 32.5. The summed E-state index contributed by atoms with van der Waals surface area (Å²) >= 11 is 0. The van der Waals surface area contributed by atoms with E-state index in [0.29, 0.717) is 6.42 Å². The summed E-state index contributed by atoms with van der Waals surface area (Å²) in [6.45, 7) is 3.39. The molecule has 0 radical (unpaired) electrons. The van der Waals surface area contributed by atoms with E-state index in [1.165, 1.54) is 6.92 Å². The molecule has 1 saturated heterocycles. The maximum atomic E-state index is 13.6. The van der Waals surface area contributed by atoms with Crippen molar-refractivity contribution in [2.24, 2.45) is 0 Å². The average Bonchev–Trinajstić information content (AvgIpc) is 2.69. The van der Waals surface area contributed by atoms with Crippen LogP contribution in [0.15, 0.2) is 12.1 Å². The van der Waals surface area contributed by atoms with Gasteiger partial charge in [-0.2, -0.15) is 0 Å². The van der Waals surface area contributed by atoms with Gasteiger partial charge in [-0.05, 0) is 44.4 Å². The van der Waals surface area contributed by atoms with E-state index in [4.69, 9.17) is 4.74 Å². The lowest BCUT2D eigenvalue weighted by molar-refractivity contribution is -0.0311. The molecule has 0 amide bonds. The Morgan fingerprint density at radius 3 is 2.59 bits per heavy atom. The first kappa shape index (κ1) is 12.5. The van der Waals surface area contributed by atoms with Crippen molar-refractivity contribution in [2.75, 3.05) is 0 Å². The number of aliphatic hydroxyl groups excluding tert-OH is 1. The zero-order valence-corrected chi connectivity index (χ0v) is 9.91. The summed E-state index contributed by atoms with van der Waals surface area (Å²) in [4.78, 5) is 0. The van der Waals surface area contributed by atoms with Crippen LogP contribution in [-0.2, 0) is 4.74 Å². The smallest absolute Gasteiger partial charge is 0.129 e. The number of aryl methyl sites for hydroxylation is 1. The second kappa shape index (κ2) is 4.70. The van der Waals surface area contributed by atoms with Gasteiger partial charge in [0.2, 0.25) is 0 Å². The predicted molar refractivity (Wildman–Crippen MR) is 59.6 cm³/mol. The molecule has 94 valence electrons. The van der Waals surface area contributed by atoms with E-state index in [0.717, 1.165) is 18.6 Å².